The topological polar surface area (TPSA) is 249 Å². The minimum atomic E-state index is -1.10. The SMILES string of the molecule is CC(C)C1(C)N=C(c2ncccc2C(=O)O)NC1=O.Cc1ccc(C(=O)O)c(C2=NC(C)(C(C)C)C(=O)N2)c1.Cc1ccc(C2=NC(C)(C(C)C)C(=O)N2)c(C(=O)O)c1. The fourth-order valence-corrected chi connectivity index (χ4v) is 6.02. The number of hydrogen-bond acceptors (Lipinski definition) is 10. The molecule has 16 nitrogen and oxygen atoms in total. The number of pyridine rings is 1. The Labute approximate surface area is 342 Å². The van der Waals surface area contributed by atoms with Crippen LogP contribution in [0.3, 0.4) is 0 Å². The highest BCUT2D eigenvalue weighted by molar-refractivity contribution is 6.20. The van der Waals surface area contributed by atoms with Crippen molar-refractivity contribution in [2.24, 2.45) is 32.7 Å². The number of nitrogens with one attached hydrogen (secondary N) is 3. The first-order chi connectivity index (χ1) is 27.4. The first kappa shape index (κ1) is 45.1. The van der Waals surface area contributed by atoms with E-state index in [9.17, 15) is 39.0 Å². The van der Waals surface area contributed by atoms with Gasteiger partial charge in [-0.25, -0.2) is 19.4 Å². The average Bonchev–Trinajstić information content (AvgIpc) is 3.78. The predicted octanol–water partition coefficient (Wildman–Crippen LogP) is 5.04. The highest BCUT2D eigenvalue weighted by Gasteiger charge is 2.45. The van der Waals surface area contributed by atoms with Crippen molar-refractivity contribution in [2.75, 3.05) is 0 Å². The fourth-order valence-electron chi connectivity index (χ4n) is 6.02. The number of aromatic carboxylic acids is 3. The molecule has 3 atom stereocenters. The maximum atomic E-state index is 12.1. The Balaban J connectivity index is 0.000000196. The second-order valence-electron chi connectivity index (χ2n) is 16.1. The Bertz CT molecular complexity index is 2330. The minimum Gasteiger partial charge on any atom is -0.478 e. The van der Waals surface area contributed by atoms with E-state index in [0.29, 0.717) is 22.8 Å². The van der Waals surface area contributed by atoms with E-state index in [1.807, 2.05) is 61.5 Å². The van der Waals surface area contributed by atoms with Crippen LogP contribution in [0.5, 0.6) is 0 Å². The third-order valence-electron chi connectivity index (χ3n) is 11.1. The maximum Gasteiger partial charge on any atom is 0.338 e. The average molecular weight is 810 g/mol. The number of hydrogen-bond donors (Lipinski definition) is 6. The number of aromatic nitrogens is 1. The van der Waals surface area contributed by atoms with Crippen molar-refractivity contribution in [3.05, 3.63) is 99.4 Å². The largest absolute Gasteiger partial charge is 0.478 e. The fraction of sp³-hybridized carbons (Fsp3) is 0.395. The summed E-state index contributed by atoms with van der Waals surface area (Å²) in [6, 6.07) is 13.0. The normalized spacial score (nSPS) is 22.0. The van der Waals surface area contributed by atoms with Gasteiger partial charge in [0.25, 0.3) is 17.7 Å². The molecule has 3 aromatic rings. The quantitative estimate of drug-likeness (QED) is 0.168. The number of benzene rings is 2. The van der Waals surface area contributed by atoms with E-state index in [1.165, 1.54) is 24.4 Å². The summed E-state index contributed by atoms with van der Waals surface area (Å²) < 4.78 is 0. The monoisotopic (exact) mass is 809 g/mol. The Morgan fingerprint density at radius 1 is 0.542 bits per heavy atom. The van der Waals surface area contributed by atoms with E-state index in [4.69, 9.17) is 5.11 Å². The van der Waals surface area contributed by atoms with Crippen LogP contribution >= 0.6 is 0 Å². The van der Waals surface area contributed by atoms with Crippen LogP contribution in [0.1, 0.15) is 121 Å². The molecule has 312 valence electrons. The van der Waals surface area contributed by atoms with Gasteiger partial charge < -0.3 is 31.3 Å². The first-order valence-corrected chi connectivity index (χ1v) is 19.0. The number of amides is 3. The van der Waals surface area contributed by atoms with Gasteiger partial charge in [-0.2, -0.15) is 0 Å². The number of carbonyl (C=O) groups excluding carboxylic acids is 3. The summed E-state index contributed by atoms with van der Waals surface area (Å²) in [6.07, 6.45) is 1.47. The van der Waals surface area contributed by atoms with E-state index >= 15 is 0 Å². The molecule has 4 heterocycles. The standard InChI is InChI=1S/2C15H18N2O3.C13H15N3O3/c1-8(2)15(4)14(20)16-12(17-15)11-7-9(3)5-6-10(11)13(18)19;1-8(2)15(4)14(20)16-12(17-15)10-6-5-9(3)7-11(10)13(18)19;1-7(2)13(3)12(19)15-10(16-13)9-8(11(17)18)5-4-6-14-9/h2*5-8H,1-4H3,(H,18,19)(H,16,17,20);4-7H,1-3H3,(H,17,18)(H,15,16,19). The van der Waals surface area contributed by atoms with Gasteiger partial charge in [0.2, 0.25) is 0 Å². The molecule has 0 saturated carbocycles. The number of nitrogens with zero attached hydrogens (tertiary/aromatic N) is 4. The van der Waals surface area contributed by atoms with Crippen molar-refractivity contribution in [3.8, 4) is 0 Å². The van der Waals surface area contributed by atoms with E-state index < -0.39 is 34.5 Å². The molecule has 0 saturated heterocycles. The lowest BCUT2D eigenvalue weighted by molar-refractivity contribution is -0.125. The third kappa shape index (κ3) is 9.11. The lowest BCUT2D eigenvalue weighted by Crippen LogP contribution is -2.41. The molecule has 3 aliphatic rings. The van der Waals surface area contributed by atoms with Crippen molar-refractivity contribution in [2.45, 2.75) is 92.8 Å². The highest BCUT2D eigenvalue weighted by Crippen LogP contribution is 2.30. The summed E-state index contributed by atoms with van der Waals surface area (Å²) in [5.41, 5.74) is 0.578. The summed E-state index contributed by atoms with van der Waals surface area (Å²) >= 11 is 0. The second kappa shape index (κ2) is 17.1. The molecule has 3 amide bonds. The number of carboxylic acid groups (broad SMARTS) is 3. The van der Waals surface area contributed by atoms with Crippen LogP contribution in [0.15, 0.2) is 69.7 Å². The van der Waals surface area contributed by atoms with Crippen LogP contribution in [0.2, 0.25) is 0 Å². The first-order valence-electron chi connectivity index (χ1n) is 19.0. The van der Waals surface area contributed by atoms with Gasteiger partial charge in [-0.1, -0.05) is 70.9 Å². The van der Waals surface area contributed by atoms with Crippen molar-refractivity contribution in [3.63, 3.8) is 0 Å². The Morgan fingerprint density at radius 2 is 0.949 bits per heavy atom. The molecular formula is C43H51N7O9. The van der Waals surface area contributed by atoms with Gasteiger partial charge >= 0.3 is 17.9 Å². The number of rotatable bonds is 9. The molecule has 6 N–H and O–H groups in total. The molecular weight excluding hydrogens is 759 g/mol. The van der Waals surface area contributed by atoms with Crippen molar-refractivity contribution in [1.82, 2.24) is 20.9 Å². The Morgan fingerprint density at radius 3 is 1.39 bits per heavy atom. The summed E-state index contributed by atoms with van der Waals surface area (Å²) in [4.78, 5) is 87.2. The van der Waals surface area contributed by atoms with Crippen molar-refractivity contribution < 1.29 is 44.1 Å². The minimum absolute atomic E-state index is 0.00184. The zero-order valence-corrected chi connectivity index (χ0v) is 35.0. The molecule has 1 aromatic heterocycles. The summed E-state index contributed by atoms with van der Waals surface area (Å²) in [7, 11) is 0. The summed E-state index contributed by atoms with van der Waals surface area (Å²) in [5, 5.41) is 35.7. The van der Waals surface area contributed by atoms with Crippen LogP contribution in [0.25, 0.3) is 0 Å². The smallest absolute Gasteiger partial charge is 0.338 e. The van der Waals surface area contributed by atoms with Gasteiger partial charge in [0, 0.05) is 17.3 Å². The summed E-state index contributed by atoms with van der Waals surface area (Å²) in [5.74, 6) is -2.83. The molecule has 0 fully saturated rings. The van der Waals surface area contributed by atoms with E-state index in [1.54, 1.807) is 45.0 Å². The molecule has 0 spiro atoms. The van der Waals surface area contributed by atoms with Crippen molar-refractivity contribution >= 4 is 53.1 Å². The molecule has 59 heavy (non-hydrogen) atoms. The zero-order valence-electron chi connectivity index (χ0n) is 35.0. The van der Waals surface area contributed by atoms with Gasteiger partial charge in [-0.15, -0.1) is 0 Å². The third-order valence-corrected chi connectivity index (χ3v) is 11.1. The van der Waals surface area contributed by atoms with E-state index in [-0.39, 0.29) is 63.7 Å². The molecule has 0 radical (unpaired) electrons. The number of aryl methyl sites for hydroxylation is 2. The van der Waals surface area contributed by atoms with Crippen LogP contribution in [-0.4, -0.2) is 90.1 Å². The molecule has 2 aromatic carbocycles. The number of carboxylic acids is 3. The number of aliphatic imine (C=N–C) groups is 3. The van der Waals surface area contributed by atoms with Gasteiger partial charge in [0.05, 0.1) is 16.7 Å². The molecule has 3 aliphatic heterocycles. The van der Waals surface area contributed by atoms with Crippen LogP contribution in [0, 0.1) is 31.6 Å². The molecule has 6 rings (SSSR count). The van der Waals surface area contributed by atoms with Crippen LogP contribution < -0.4 is 16.0 Å². The lowest BCUT2D eigenvalue weighted by atomic mass is 9.89. The molecule has 3 unspecified atom stereocenters. The number of carbonyl (C=O) groups is 6. The summed E-state index contributed by atoms with van der Waals surface area (Å²) in [6.45, 7) is 20.4. The van der Waals surface area contributed by atoms with Gasteiger partial charge in [-0.05, 0) is 82.7 Å². The van der Waals surface area contributed by atoms with Gasteiger partial charge in [0.15, 0.2) is 5.84 Å². The van der Waals surface area contributed by atoms with Crippen molar-refractivity contribution in [1.29, 1.82) is 0 Å². The predicted molar refractivity (Wildman–Crippen MR) is 221 cm³/mol. The highest BCUT2D eigenvalue weighted by atomic mass is 16.4. The van der Waals surface area contributed by atoms with E-state index in [0.717, 1.165) is 11.1 Å². The molecule has 0 bridgehead atoms. The van der Waals surface area contributed by atoms with Crippen LogP contribution in [-0.2, 0) is 14.4 Å². The Hall–Kier alpha value is -6.58. The van der Waals surface area contributed by atoms with Gasteiger partial charge in [0.1, 0.15) is 34.0 Å². The second-order valence-corrected chi connectivity index (χ2v) is 16.1. The lowest BCUT2D eigenvalue weighted by Gasteiger charge is -2.21. The number of amidine groups is 3. The Kier molecular flexibility index (Phi) is 13.1. The molecule has 0 aliphatic carbocycles. The molecule has 16 heteroatoms. The van der Waals surface area contributed by atoms with Gasteiger partial charge in [-0.3, -0.25) is 29.4 Å². The maximum absolute atomic E-state index is 12.1. The van der Waals surface area contributed by atoms with E-state index in [2.05, 4.69) is 35.9 Å². The zero-order chi connectivity index (χ0) is 44.4. The van der Waals surface area contributed by atoms with Crippen LogP contribution in [0.4, 0.5) is 0 Å².